The monoisotopic (exact) mass is 722 g/mol. The molecule has 2 aromatic heterocycles. The maximum atomic E-state index is 13.7. The van der Waals surface area contributed by atoms with Crippen LogP contribution in [0.2, 0.25) is 0 Å². The van der Waals surface area contributed by atoms with Crippen LogP contribution in [0, 0.1) is 22.7 Å². The summed E-state index contributed by atoms with van der Waals surface area (Å²) in [5.74, 6) is -5.48. The number of rotatable bonds is 8. The number of H-pyrrole nitrogens is 2. The van der Waals surface area contributed by atoms with Gasteiger partial charge in [-0.1, -0.05) is 71.9 Å². The zero-order valence-electron chi connectivity index (χ0n) is 30.8. The Labute approximate surface area is 302 Å². The summed E-state index contributed by atoms with van der Waals surface area (Å²) < 4.78 is 54.8. The Balaban J connectivity index is 1.16. The molecule has 4 N–H and O–H groups in total. The van der Waals surface area contributed by atoms with Crippen molar-refractivity contribution < 1.29 is 27.2 Å². The largest absolute Gasteiger partial charge is 0.345 e. The summed E-state index contributed by atoms with van der Waals surface area (Å²) in [5, 5.41) is 6.20. The Kier molecular flexibility index (Phi) is 10.1. The van der Waals surface area contributed by atoms with Crippen molar-refractivity contribution in [1.82, 2.24) is 30.6 Å². The lowest BCUT2D eigenvalue weighted by atomic mass is 9.83. The van der Waals surface area contributed by atoms with Crippen molar-refractivity contribution in [2.45, 2.75) is 117 Å². The van der Waals surface area contributed by atoms with Crippen molar-refractivity contribution in [3.63, 3.8) is 0 Å². The number of nitrogens with one attached hydrogen (secondary N) is 4. The summed E-state index contributed by atoms with van der Waals surface area (Å²) in [4.78, 5) is 42.5. The number of amides is 2. The lowest BCUT2D eigenvalue weighted by Crippen LogP contribution is -2.42. The van der Waals surface area contributed by atoms with Crippen molar-refractivity contribution in [2.24, 2.45) is 22.7 Å². The normalized spacial score (nSPS) is 19.7. The van der Waals surface area contributed by atoms with Crippen LogP contribution in [0.5, 0.6) is 0 Å². The molecular formula is C40H50F4N6O2. The molecule has 2 fully saturated rings. The van der Waals surface area contributed by atoms with Gasteiger partial charge < -0.3 is 20.6 Å². The fourth-order valence-corrected chi connectivity index (χ4v) is 7.33. The molecule has 0 aliphatic heterocycles. The van der Waals surface area contributed by atoms with E-state index in [4.69, 9.17) is 4.98 Å². The molecule has 2 atom stereocenters. The molecule has 0 bridgehead atoms. The van der Waals surface area contributed by atoms with E-state index >= 15 is 0 Å². The summed E-state index contributed by atoms with van der Waals surface area (Å²) in [6, 6.07) is 13.1. The number of imidazole rings is 2. The number of benzene rings is 2. The third-order valence-electron chi connectivity index (χ3n) is 10.7. The number of hydrogen-bond donors (Lipinski definition) is 4. The molecule has 280 valence electrons. The van der Waals surface area contributed by atoms with Crippen molar-refractivity contribution >= 4 is 22.8 Å². The van der Waals surface area contributed by atoms with Crippen LogP contribution in [0.15, 0.2) is 48.7 Å². The van der Waals surface area contributed by atoms with Crippen molar-refractivity contribution in [2.75, 3.05) is 0 Å². The smallest absolute Gasteiger partial charge is 0.248 e. The number of halogens is 4. The van der Waals surface area contributed by atoms with Gasteiger partial charge in [-0.2, -0.15) is 0 Å². The average Bonchev–Trinajstić information content (AvgIpc) is 3.72. The lowest BCUT2D eigenvalue weighted by molar-refractivity contribution is -0.131. The lowest BCUT2D eigenvalue weighted by Gasteiger charge is -2.33. The predicted molar refractivity (Wildman–Crippen MR) is 194 cm³/mol. The van der Waals surface area contributed by atoms with Gasteiger partial charge in [0.15, 0.2) is 0 Å². The topological polar surface area (TPSA) is 116 Å². The Morgan fingerprint density at radius 3 is 1.65 bits per heavy atom. The third kappa shape index (κ3) is 8.52. The average molecular weight is 723 g/mol. The van der Waals surface area contributed by atoms with Crippen LogP contribution in [-0.4, -0.2) is 43.6 Å². The van der Waals surface area contributed by atoms with Crippen LogP contribution in [0.4, 0.5) is 17.6 Å². The predicted octanol–water partition coefficient (Wildman–Crippen LogP) is 9.68. The minimum absolute atomic E-state index is 0.170. The van der Waals surface area contributed by atoms with Gasteiger partial charge in [0.2, 0.25) is 23.7 Å². The molecule has 0 spiro atoms. The Bertz CT molecular complexity index is 1880. The van der Waals surface area contributed by atoms with E-state index in [0.29, 0.717) is 11.6 Å². The fraction of sp³-hybridized carbons (Fsp3) is 0.550. The number of carbonyl (C=O) groups is 2. The number of carbonyl (C=O) groups excluding carboxylic acids is 2. The molecule has 2 aliphatic rings. The first-order valence-corrected chi connectivity index (χ1v) is 18.3. The SMILES string of the molecule is CC(C)(C)C(NC(=O)C1CCC(F)(F)CC1)c1nc2ccc(-c3ccc(-c4cnc([C@@H](NC(=O)C5CCC(F)(F)CC5)C(C)(C)C)[nH]4)cc3)cc2[nH]1. The molecule has 8 nitrogen and oxygen atoms in total. The molecule has 6 rings (SSSR count). The first kappa shape index (κ1) is 37.5. The Morgan fingerprint density at radius 2 is 1.15 bits per heavy atom. The summed E-state index contributed by atoms with van der Waals surface area (Å²) in [7, 11) is 0. The highest BCUT2D eigenvalue weighted by Gasteiger charge is 2.41. The van der Waals surface area contributed by atoms with E-state index in [9.17, 15) is 27.2 Å². The van der Waals surface area contributed by atoms with E-state index < -0.39 is 35.8 Å². The van der Waals surface area contributed by atoms with Gasteiger partial charge >= 0.3 is 0 Å². The van der Waals surface area contributed by atoms with Gasteiger partial charge in [-0.05, 0) is 65.3 Å². The molecule has 2 aliphatic carbocycles. The quantitative estimate of drug-likeness (QED) is 0.136. The minimum atomic E-state index is -2.70. The number of nitrogens with zero attached hydrogens (tertiary/aromatic N) is 2. The van der Waals surface area contributed by atoms with Gasteiger partial charge in [0.1, 0.15) is 11.6 Å². The van der Waals surface area contributed by atoms with E-state index in [1.54, 1.807) is 6.20 Å². The van der Waals surface area contributed by atoms with Crippen LogP contribution in [0.25, 0.3) is 33.4 Å². The highest BCUT2D eigenvalue weighted by molar-refractivity contribution is 5.83. The molecule has 2 aromatic carbocycles. The van der Waals surface area contributed by atoms with Crippen LogP contribution in [0.3, 0.4) is 0 Å². The highest BCUT2D eigenvalue weighted by atomic mass is 19.3. The summed E-state index contributed by atoms with van der Waals surface area (Å²) >= 11 is 0. The van der Waals surface area contributed by atoms with Gasteiger partial charge in [-0.3, -0.25) is 9.59 Å². The van der Waals surface area contributed by atoms with E-state index in [2.05, 4.69) is 25.6 Å². The molecule has 52 heavy (non-hydrogen) atoms. The van der Waals surface area contributed by atoms with Crippen LogP contribution in [-0.2, 0) is 9.59 Å². The second kappa shape index (κ2) is 14.0. The standard InChI is InChI=1S/C40H50F4N6O2/c1-37(2,3)31(49-35(51)25-13-17-39(41,42)18-14-25)33-45-22-30(48-33)24-9-7-23(8-10-24)27-11-12-28-29(21-27)47-34(46-28)32(38(4,5)6)50-36(52)26-15-19-40(43,44)20-16-26/h7-12,21-22,25-26,31-32H,13-20H2,1-6H3,(H,45,48)(H,46,47)(H,49,51)(H,50,52)/t31-,32?/m1/s1. The molecule has 0 radical (unpaired) electrons. The van der Waals surface area contributed by atoms with E-state index in [-0.39, 0.29) is 74.0 Å². The molecule has 0 saturated heterocycles. The second-order valence-electron chi connectivity index (χ2n) is 17.0. The number of hydrogen-bond acceptors (Lipinski definition) is 4. The van der Waals surface area contributed by atoms with Gasteiger partial charge in [0.05, 0.1) is 35.0 Å². The van der Waals surface area contributed by atoms with E-state index in [1.807, 2.05) is 84.0 Å². The summed E-state index contributed by atoms with van der Waals surface area (Å²) in [6.45, 7) is 12.1. The Hall–Kier alpha value is -4.22. The summed E-state index contributed by atoms with van der Waals surface area (Å²) in [6.07, 6.45) is 1.34. The zero-order chi connectivity index (χ0) is 37.6. The first-order chi connectivity index (χ1) is 24.3. The molecule has 2 amide bonds. The van der Waals surface area contributed by atoms with E-state index in [0.717, 1.165) is 33.4 Å². The molecule has 1 unspecified atom stereocenters. The maximum Gasteiger partial charge on any atom is 0.248 e. The number of aromatic amines is 2. The van der Waals surface area contributed by atoms with Crippen LogP contribution >= 0.6 is 0 Å². The molecule has 2 saturated carbocycles. The van der Waals surface area contributed by atoms with Gasteiger partial charge in [0.25, 0.3) is 0 Å². The number of alkyl halides is 4. The van der Waals surface area contributed by atoms with Crippen molar-refractivity contribution in [3.8, 4) is 22.4 Å². The molecule has 2 heterocycles. The second-order valence-corrected chi connectivity index (χ2v) is 17.0. The van der Waals surface area contributed by atoms with Crippen molar-refractivity contribution in [1.29, 1.82) is 0 Å². The van der Waals surface area contributed by atoms with Crippen LogP contribution in [0.1, 0.15) is 117 Å². The van der Waals surface area contributed by atoms with Crippen molar-refractivity contribution in [3.05, 3.63) is 60.3 Å². The highest BCUT2D eigenvalue weighted by Crippen LogP contribution is 2.40. The zero-order valence-corrected chi connectivity index (χ0v) is 30.8. The minimum Gasteiger partial charge on any atom is -0.345 e. The van der Waals surface area contributed by atoms with Crippen LogP contribution < -0.4 is 10.6 Å². The number of fused-ring (bicyclic) bond motifs is 1. The third-order valence-corrected chi connectivity index (χ3v) is 10.7. The number of aromatic nitrogens is 4. The van der Waals surface area contributed by atoms with Gasteiger partial charge in [-0.15, -0.1) is 0 Å². The first-order valence-electron chi connectivity index (χ1n) is 18.3. The molecule has 12 heteroatoms. The Morgan fingerprint density at radius 1 is 0.692 bits per heavy atom. The molecule has 4 aromatic rings. The molecular weight excluding hydrogens is 672 g/mol. The van der Waals surface area contributed by atoms with Gasteiger partial charge in [-0.25, -0.2) is 27.5 Å². The maximum absolute atomic E-state index is 13.7. The summed E-state index contributed by atoms with van der Waals surface area (Å²) in [5.41, 5.74) is 4.44. The fourth-order valence-electron chi connectivity index (χ4n) is 7.33. The van der Waals surface area contributed by atoms with E-state index in [1.165, 1.54) is 0 Å². The van der Waals surface area contributed by atoms with Gasteiger partial charge in [0, 0.05) is 37.5 Å².